The van der Waals surface area contributed by atoms with Gasteiger partial charge in [0.2, 0.25) is 0 Å². The van der Waals surface area contributed by atoms with Crippen LogP contribution in [0.15, 0.2) is 18.2 Å². The third-order valence-electron chi connectivity index (χ3n) is 3.61. The number of hydrogen-bond acceptors (Lipinski definition) is 4. The van der Waals surface area contributed by atoms with E-state index in [1.54, 1.807) is 7.11 Å². The molecule has 120 valence electrons. The van der Waals surface area contributed by atoms with Crippen molar-refractivity contribution < 1.29 is 13.9 Å². The second-order valence-corrected chi connectivity index (χ2v) is 4.80. The predicted molar refractivity (Wildman–Crippen MR) is 84.6 cm³/mol. The van der Waals surface area contributed by atoms with E-state index in [0.717, 1.165) is 31.7 Å². The number of piperazine rings is 1. The van der Waals surface area contributed by atoms with Gasteiger partial charge in [0.05, 0.1) is 19.8 Å². The molecular formula is C15H24ClFN2O2. The Kier molecular flexibility index (Phi) is 7.78. The number of ether oxygens (including phenoxy) is 2. The second-order valence-electron chi connectivity index (χ2n) is 4.80. The zero-order valence-electron chi connectivity index (χ0n) is 12.6. The van der Waals surface area contributed by atoms with Crippen molar-refractivity contribution in [2.45, 2.75) is 13.0 Å². The largest absolute Gasteiger partial charge is 0.493 e. The van der Waals surface area contributed by atoms with E-state index in [9.17, 15) is 4.39 Å². The molecule has 21 heavy (non-hydrogen) atoms. The number of nitrogens with zero attached hydrogens (tertiary/aromatic N) is 1. The highest BCUT2D eigenvalue weighted by Crippen LogP contribution is 2.32. The summed E-state index contributed by atoms with van der Waals surface area (Å²) >= 11 is 0. The summed E-state index contributed by atoms with van der Waals surface area (Å²) in [6.45, 7) is 5.67. The molecule has 1 aromatic rings. The number of alkyl halides is 1. The van der Waals surface area contributed by atoms with Crippen LogP contribution in [0.1, 0.15) is 18.5 Å². The number of halogens is 2. The van der Waals surface area contributed by atoms with Gasteiger partial charge < -0.3 is 14.8 Å². The van der Waals surface area contributed by atoms with Crippen LogP contribution in [0.25, 0.3) is 0 Å². The lowest BCUT2D eigenvalue weighted by molar-refractivity contribution is 0.147. The molecule has 4 nitrogen and oxygen atoms in total. The zero-order chi connectivity index (χ0) is 14.4. The van der Waals surface area contributed by atoms with Gasteiger partial charge in [-0.3, -0.25) is 4.90 Å². The first-order valence-corrected chi connectivity index (χ1v) is 7.11. The Bertz CT molecular complexity index is 428. The molecule has 0 unspecified atom stereocenters. The maximum Gasteiger partial charge on any atom is 0.161 e. The summed E-state index contributed by atoms with van der Waals surface area (Å²) in [5.41, 5.74) is 0.940. The van der Waals surface area contributed by atoms with Gasteiger partial charge in [0.25, 0.3) is 0 Å². The highest BCUT2D eigenvalue weighted by Gasteiger charge is 2.23. The first-order valence-electron chi connectivity index (χ1n) is 7.11. The molecule has 1 fully saturated rings. The molecule has 1 atom stereocenters. The van der Waals surface area contributed by atoms with Crippen LogP contribution in [-0.2, 0) is 0 Å². The highest BCUT2D eigenvalue weighted by molar-refractivity contribution is 5.85. The van der Waals surface area contributed by atoms with E-state index >= 15 is 0 Å². The molecular weight excluding hydrogens is 295 g/mol. The normalized spacial score (nSPS) is 16.9. The SMILES string of the molecule is CCOc1ccc([C@H](CF)N2CCNCC2)cc1OC.Cl. The van der Waals surface area contributed by atoms with E-state index in [-0.39, 0.29) is 18.4 Å². The lowest BCUT2D eigenvalue weighted by atomic mass is 10.0. The molecule has 1 aromatic carbocycles. The summed E-state index contributed by atoms with van der Waals surface area (Å²) in [4.78, 5) is 2.17. The van der Waals surface area contributed by atoms with Crippen molar-refractivity contribution in [3.05, 3.63) is 23.8 Å². The molecule has 1 N–H and O–H groups in total. The number of hydrogen-bond donors (Lipinski definition) is 1. The molecule has 0 radical (unpaired) electrons. The average Bonchev–Trinajstić information content (AvgIpc) is 2.50. The van der Waals surface area contributed by atoms with Crippen molar-refractivity contribution in [3.63, 3.8) is 0 Å². The minimum absolute atomic E-state index is 0. The molecule has 1 aliphatic rings. The standard InChI is InChI=1S/C15H23FN2O2.ClH/c1-3-20-14-5-4-12(10-15(14)19-2)13(11-16)18-8-6-17-7-9-18;/h4-5,10,13,17H,3,6-9,11H2,1-2H3;1H/t13-;/m0./s1. The van der Waals surface area contributed by atoms with Gasteiger partial charge in [0, 0.05) is 26.2 Å². The van der Waals surface area contributed by atoms with Gasteiger partial charge in [0.15, 0.2) is 11.5 Å². The summed E-state index contributed by atoms with van der Waals surface area (Å²) in [6.07, 6.45) is 0. The van der Waals surface area contributed by atoms with Crippen molar-refractivity contribution in [2.24, 2.45) is 0 Å². The average molecular weight is 319 g/mol. The summed E-state index contributed by atoms with van der Waals surface area (Å²) in [6, 6.07) is 5.47. The third kappa shape index (κ3) is 4.46. The summed E-state index contributed by atoms with van der Waals surface area (Å²) in [7, 11) is 1.61. The fraction of sp³-hybridized carbons (Fsp3) is 0.600. The topological polar surface area (TPSA) is 33.7 Å². The van der Waals surface area contributed by atoms with E-state index < -0.39 is 6.67 Å². The lowest BCUT2D eigenvalue weighted by Gasteiger charge is -2.33. The first kappa shape index (κ1) is 18.0. The van der Waals surface area contributed by atoms with Gasteiger partial charge in [-0.1, -0.05) is 6.07 Å². The van der Waals surface area contributed by atoms with Gasteiger partial charge >= 0.3 is 0 Å². The fourth-order valence-corrected chi connectivity index (χ4v) is 2.56. The number of rotatable bonds is 6. The Morgan fingerprint density at radius 2 is 2.00 bits per heavy atom. The molecule has 1 heterocycles. The first-order chi connectivity index (χ1) is 9.80. The van der Waals surface area contributed by atoms with Crippen LogP contribution >= 0.6 is 12.4 Å². The van der Waals surface area contributed by atoms with Crippen LogP contribution in [-0.4, -0.2) is 51.5 Å². The quantitative estimate of drug-likeness (QED) is 0.873. The zero-order valence-corrected chi connectivity index (χ0v) is 13.4. The Morgan fingerprint density at radius 1 is 1.29 bits per heavy atom. The molecule has 6 heteroatoms. The lowest BCUT2D eigenvalue weighted by Crippen LogP contribution is -2.45. The Labute approximate surface area is 132 Å². The van der Waals surface area contributed by atoms with Crippen molar-refractivity contribution in [1.29, 1.82) is 0 Å². The van der Waals surface area contributed by atoms with Crippen molar-refractivity contribution in [3.8, 4) is 11.5 Å². The van der Waals surface area contributed by atoms with Crippen LogP contribution in [0.3, 0.4) is 0 Å². The van der Waals surface area contributed by atoms with Crippen LogP contribution < -0.4 is 14.8 Å². The number of methoxy groups -OCH3 is 1. The maximum absolute atomic E-state index is 13.5. The van der Waals surface area contributed by atoms with Gasteiger partial charge in [0.1, 0.15) is 6.67 Å². The number of nitrogens with one attached hydrogen (secondary N) is 1. The van der Waals surface area contributed by atoms with Crippen LogP contribution in [0, 0.1) is 0 Å². The molecule has 0 spiro atoms. The minimum Gasteiger partial charge on any atom is -0.493 e. The van der Waals surface area contributed by atoms with E-state index in [4.69, 9.17) is 9.47 Å². The second kappa shape index (κ2) is 9.07. The molecule has 0 aromatic heterocycles. The molecule has 1 aliphatic heterocycles. The molecule has 0 amide bonds. The van der Waals surface area contributed by atoms with Gasteiger partial charge in [-0.15, -0.1) is 12.4 Å². The van der Waals surface area contributed by atoms with Gasteiger partial charge in [-0.05, 0) is 24.6 Å². The Balaban J connectivity index is 0.00000220. The van der Waals surface area contributed by atoms with Gasteiger partial charge in [-0.25, -0.2) is 4.39 Å². The smallest absolute Gasteiger partial charge is 0.161 e. The van der Waals surface area contributed by atoms with Crippen LogP contribution in [0.4, 0.5) is 4.39 Å². The Hall–Kier alpha value is -1.04. The number of benzene rings is 1. The van der Waals surface area contributed by atoms with Crippen molar-refractivity contribution in [1.82, 2.24) is 10.2 Å². The van der Waals surface area contributed by atoms with E-state index in [1.165, 1.54) is 0 Å². The highest BCUT2D eigenvalue weighted by atomic mass is 35.5. The Morgan fingerprint density at radius 3 is 2.57 bits per heavy atom. The van der Waals surface area contributed by atoms with Crippen LogP contribution in [0.2, 0.25) is 0 Å². The van der Waals surface area contributed by atoms with E-state index in [2.05, 4.69) is 10.2 Å². The third-order valence-corrected chi connectivity index (χ3v) is 3.61. The molecule has 1 saturated heterocycles. The predicted octanol–water partition coefficient (Wildman–Crippen LogP) is 2.43. The minimum atomic E-state index is -0.392. The maximum atomic E-state index is 13.5. The van der Waals surface area contributed by atoms with E-state index in [0.29, 0.717) is 18.1 Å². The van der Waals surface area contributed by atoms with Crippen LogP contribution in [0.5, 0.6) is 11.5 Å². The monoisotopic (exact) mass is 318 g/mol. The summed E-state index contributed by atoms with van der Waals surface area (Å²) < 4.78 is 24.3. The molecule has 0 aliphatic carbocycles. The van der Waals surface area contributed by atoms with Crippen molar-refractivity contribution >= 4 is 12.4 Å². The molecule has 2 rings (SSSR count). The molecule has 0 bridgehead atoms. The fourth-order valence-electron chi connectivity index (χ4n) is 2.56. The summed E-state index contributed by atoms with van der Waals surface area (Å²) in [5.74, 6) is 1.37. The summed E-state index contributed by atoms with van der Waals surface area (Å²) in [5, 5.41) is 3.28. The van der Waals surface area contributed by atoms with Gasteiger partial charge in [-0.2, -0.15) is 0 Å². The van der Waals surface area contributed by atoms with Crippen molar-refractivity contribution in [2.75, 3.05) is 46.6 Å². The molecule has 0 saturated carbocycles. The van der Waals surface area contributed by atoms with E-state index in [1.807, 2.05) is 25.1 Å².